The Bertz CT molecular complexity index is 171. The van der Waals surface area contributed by atoms with Crippen LogP contribution in [0.25, 0.3) is 0 Å². The first-order valence-electron chi connectivity index (χ1n) is 5.56. The maximum absolute atomic E-state index is 3.54. The van der Waals surface area contributed by atoms with Crippen LogP contribution in [0.4, 0.5) is 0 Å². The molecule has 2 aliphatic rings. The summed E-state index contributed by atoms with van der Waals surface area (Å²) < 4.78 is 0. The van der Waals surface area contributed by atoms with E-state index in [1.807, 2.05) is 11.8 Å². The number of likely N-dealkylation sites (N-methyl/N-ethyl adjacent to an activating group) is 1. The third-order valence-corrected chi connectivity index (χ3v) is 4.09. The minimum Gasteiger partial charge on any atom is -0.305 e. The van der Waals surface area contributed by atoms with Gasteiger partial charge in [0, 0.05) is 37.3 Å². The van der Waals surface area contributed by atoms with Crippen molar-refractivity contribution in [2.24, 2.45) is 0 Å². The molecule has 2 heterocycles. The zero-order chi connectivity index (χ0) is 9.80. The Hall–Kier alpha value is 0.230. The van der Waals surface area contributed by atoms with E-state index in [2.05, 4.69) is 22.2 Å². The fraction of sp³-hybridized carbons (Fsp3) is 1.00. The third kappa shape index (κ3) is 3.12. The molecule has 0 spiro atoms. The molecule has 2 saturated heterocycles. The Morgan fingerprint density at radius 3 is 3.00 bits per heavy atom. The first-order valence-corrected chi connectivity index (χ1v) is 6.72. The van der Waals surface area contributed by atoms with E-state index in [0.29, 0.717) is 0 Å². The van der Waals surface area contributed by atoms with E-state index in [1.54, 1.807) is 0 Å². The van der Waals surface area contributed by atoms with Crippen molar-refractivity contribution in [2.45, 2.75) is 12.5 Å². The zero-order valence-corrected chi connectivity index (χ0v) is 9.85. The SMILES string of the molecule is CN1CCCN(CC2CSCN2)CC1. The summed E-state index contributed by atoms with van der Waals surface area (Å²) in [6.45, 7) is 6.29. The second-order valence-electron chi connectivity index (χ2n) is 4.37. The largest absolute Gasteiger partial charge is 0.305 e. The van der Waals surface area contributed by atoms with Crippen LogP contribution in [-0.2, 0) is 0 Å². The molecule has 0 aromatic heterocycles. The molecular weight excluding hydrogens is 194 g/mol. The first kappa shape index (κ1) is 10.7. The van der Waals surface area contributed by atoms with Gasteiger partial charge in [-0.3, -0.25) is 0 Å². The molecule has 82 valence electrons. The molecule has 0 aromatic carbocycles. The molecule has 4 heteroatoms. The van der Waals surface area contributed by atoms with E-state index in [-0.39, 0.29) is 0 Å². The normalized spacial score (nSPS) is 31.9. The lowest BCUT2D eigenvalue weighted by Crippen LogP contribution is -2.40. The van der Waals surface area contributed by atoms with Crippen molar-refractivity contribution in [1.29, 1.82) is 0 Å². The molecule has 3 nitrogen and oxygen atoms in total. The van der Waals surface area contributed by atoms with Crippen molar-refractivity contribution in [2.75, 3.05) is 51.4 Å². The van der Waals surface area contributed by atoms with Crippen LogP contribution in [0.3, 0.4) is 0 Å². The highest BCUT2D eigenvalue weighted by Crippen LogP contribution is 2.11. The maximum atomic E-state index is 3.54. The lowest BCUT2D eigenvalue weighted by Gasteiger charge is -2.23. The average molecular weight is 215 g/mol. The molecule has 14 heavy (non-hydrogen) atoms. The van der Waals surface area contributed by atoms with Crippen LogP contribution in [0.15, 0.2) is 0 Å². The van der Waals surface area contributed by atoms with Crippen LogP contribution in [0.1, 0.15) is 6.42 Å². The smallest absolute Gasteiger partial charge is 0.0421 e. The first-order chi connectivity index (χ1) is 6.84. The zero-order valence-electron chi connectivity index (χ0n) is 9.04. The van der Waals surface area contributed by atoms with Crippen molar-refractivity contribution < 1.29 is 0 Å². The van der Waals surface area contributed by atoms with Crippen molar-refractivity contribution in [3.63, 3.8) is 0 Å². The summed E-state index contributed by atoms with van der Waals surface area (Å²) in [6, 6.07) is 0.739. The van der Waals surface area contributed by atoms with Crippen LogP contribution < -0.4 is 5.32 Å². The highest BCUT2D eigenvalue weighted by atomic mass is 32.2. The van der Waals surface area contributed by atoms with Crippen LogP contribution in [-0.4, -0.2) is 67.2 Å². The molecule has 0 bridgehead atoms. The molecule has 1 N–H and O–H groups in total. The second kappa shape index (κ2) is 5.35. The highest BCUT2D eigenvalue weighted by molar-refractivity contribution is 7.99. The van der Waals surface area contributed by atoms with Gasteiger partial charge < -0.3 is 15.1 Å². The number of thioether (sulfide) groups is 1. The van der Waals surface area contributed by atoms with Gasteiger partial charge in [0.05, 0.1) is 0 Å². The monoisotopic (exact) mass is 215 g/mol. The van der Waals surface area contributed by atoms with E-state index in [1.165, 1.54) is 44.9 Å². The molecule has 2 rings (SSSR count). The minimum atomic E-state index is 0.739. The summed E-state index contributed by atoms with van der Waals surface area (Å²) >= 11 is 2.03. The summed E-state index contributed by atoms with van der Waals surface area (Å²) in [4.78, 5) is 5.06. The van der Waals surface area contributed by atoms with Crippen molar-refractivity contribution >= 4 is 11.8 Å². The van der Waals surface area contributed by atoms with Crippen LogP contribution in [0, 0.1) is 0 Å². The average Bonchev–Trinajstić information content (AvgIpc) is 2.58. The fourth-order valence-corrected chi connectivity index (χ4v) is 3.13. The fourth-order valence-electron chi connectivity index (χ4n) is 2.15. The van der Waals surface area contributed by atoms with Crippen molar-refractivity contribution in [3.05, 3.63) is 0 Å². The Kier molecular flexibility index (Phi) is 4.10. The summed E-state index contributed by atoms with van der Waals surface area (Å²) in [7, 11) is 2.23. The lowest BCUT2D eigenvalue weighted by atomic mass is 10.3. The Morgan fingerprint density at radius 1 is 1.29 bits per heavy atom. The molecule has 0 amide bonds. The van der Waals surface area contributed by atoms with E-state index in [0.717, 1.165) is 11.9 Å². The van der Waals surface area contributed by atoms with Crippen LogP contribution in [0.5, 0.6) is 0 Å². The Morgan fingerprint density at radius 2 is 2.21 bits per heavy atom. The molecule has 0 saturated carbocycles. The van der Waals surface area contributed by atoms with E-state index >= 15 is 0 Å². The molecule has 1 atom stereocenters. The molecule has 0 aliphatic carbocycles. The van der Waals surface area contributed by atoms with E-state index < -0.39 is 0 Å². The summed E-state index contributed by atoms with van der Waals surface area (Å²) in [6.07, 6.45) is 1.33. The standard InChI is InChI=1S/C10H21N3S/c1-12-3-2-4-13(6-5-12)7-10-8-14-9-11-10/h10-11H,2-9H2,1H3. The lowest BCUT2D eigenvalue weighted by molar-refractivity contribution is 0.258. The van der Waals surface area contributed by atoms with Gasteiger partial charge in [-0.25, -0.2) is 0 Å². The molecule has 1 unspecified atom stereocenters. The summed E-state index contributed by atoms with van der Waals surface area (Å²) in [5.41, 5.74) is 0. The summed E-state index contributed by atoms with van der Waals surface area (Å²) in [5.74, 6) is 2.45. The van der Waals surface area contributed by atoms with Gasteiger partial charge in [-0.2, -0.15) is 0 Å². The maximum Gasteiger partial charge on any atom is 0.0421 e. The highest BCUT2D eigenvalue weighted by Gasteiger charge is 2.19. The van der Waals surface area contributed by atoms with Crippen molar-refractivity contribution in [3.8, 4) is 0 Å². The van der Waals surface area contributed by atoms with Gasteiger partial charge >= 0.3 is 0 Å². The number of rotatable bonds is 2. The Balaban J connectivity index is 1.73. The summed E-state index contributed by atoms with van der Waals surface area (Å²) in [5, 5.41) is 3.54. The van der Waals surface area contributed by atoms with Gasteiger partial charge in [0.25, 0.3) is 0 Å². The van der Waals surface area contributed by atoms with E-state index in [9.17, 15) is 0 Å². The van der Waals surface area contributed by atoms with E-state index in [4.69, 9.17) is 0 Å². The molecule has 2 fully saturated rings. The minimum absolute atomic E-state index is 0.739. The number of hydrogen-bond acceptors (Lipinski definition) is 4. The van der Waals surface area contributed by atoms with Gasteiger partial charge in [-0.1, -0.05) is 0 Å². The predicted octanol–water partition coefficient (Wildman–Crippen LogP) is 0.286. The molecule has 0 radical (unpaired) electrons. The second-order valence-corrected chi connectivity index (χ2v) is 5.40. The molecule has 0 aromatic rings. The van der Waals surface area contributed by atoms with Crippen LogP contribution >= 0.6 is 11.8 Å². The van der Waals surface area contributed by atoms with Gasteiger partial charge in [0.1, 0.15) is 0 Å². The number of hydrogen-bond donors (Lipinski definition) is 1. The van der Waals surface area contributed by atoms with Crippen molar-refractivity contribution in [1.82, 2.24) is 15.1 Å². The third-order valence-electron chi connectivity index (χ3n) is 3.08. The van der Waals surface area contributed by atoms with Gasteiger partial charge in [-0.15, -0.1) is 11.8 Å². The number of nitrogens with zero attached hydrogens (tertiary/aromatic N) is 2. The Labute approximate surface area is 91.2 Å². The van der Waals surface area contributed by atoms with Crippen LogP contribution in [0.2, 0.25) is 0 Å². The number of nitrogens with one attached hydrogen (secondary N) is 1. The van der Waals surface area contributed by atoms with Gasteiger partial charge in [-0.05, 0) is 26.6 Å². The predicted molar refractivity (Wildman–Crippen MR) is 62.8 cm³/mol. The molecular formula is C10H21N3S. The van der Waals surface area contributed by atoms with Gasteiger partial charge in [0.2, 0.25) is 0 Å². The topological polar surface area (TPSA) is 18.5 Å². The quantitative estimate of drug-likeness (QED) is 0.713. The molecule has 2 aliphatic heterocycles. The van der Waals surface area contributed by atoms with Gasteiger partial charge in [0.15, 0.2) is 0 Å².